The van der Waals surface area contributed by atoms with Gasteiger partial charge in [0.15, 0.2) is 0 Å². The summed E-state index contributed by atoms with van der Waals surface area (Å²) >= 11 is 6.26. The molecule has 0 atom stereocenters. The average molecular weight is 936 g/mol. The number of piperazine rings is 1. The summed E-state index contributed by atoms with van der Waals surface area (Å²) in [4.78, 5) is 37.3. The maximum atomic E-state index is 14.0. The second-order valence-electron chi connectivity index (χ2n) is 16.9. The van der Waals surface area contributed by atoms with Gasteiger partial charge >= 0.3 is 0 Å². The molecule has 2 fully saturated rings. The molecule has 0 spiro atoms. The molecule has 0 aliphatic carbocycles. The molecular formula is C49H55ClN8O7S. The van der Waals surface area contributed by atoms with Crippen molar-refractivity contribution >= 4 is 55.5 Å². The van der Waals surface area contributed by atoms with Gasteiger partial charge < -0.3 is 34.5 Å². The number of rotatable bonds is 19. The predicted octanol–water partition coefficient (Wildman–Crippen LogP) is 8.47. The molecule has 2 aliphatic rings. The summed E-state index contributed by atoms with van der Waals surface area (Å²) in [5.74, 6) is 0.489. The lowest BCUT2D eigenvalue weighted by Crippen LogP contribution is -2.46. The molecule has 1 amide bonds. The molecule has 0 unspecified atom stereocenters. The first-order valence-corrected chi connectivity index (χ1v) is 24.1. The highest BCUT2D eigenvalue weighted by atomic mass is 35.5. The molecule has 346 valence electrons. The van der Waals surface area contributed by atoms with Gasteiger partial charge in [-0.2, -0.15) is 0 Å². The van der Waals surface area contributed by atoms with Crippen LogP contribution in [0.5, 0.6) is 17.2 Å². The number of likely N-dealkylation sites (tertiary alicyclic amines) is 1. The lowest BCUT2D eigenvalue weighted by molar-refractivity contribution is -0.384. The van der Waals surface area contributed by atoms with E-state index < -0.39 is 31.4 Å². The molecule has 5 aromatic carbocycles. The first kappa shape index (κ1) is 46.4. The number of sulfonamides is 1. The molecule has 1 aromatic heterocycles. The fourth-order valence-electron chi connectivity index (χ4n) is 8.44. The number of nitrogens with one attached hydrogen (secondary N) is 3. The van der Waals surface area contributed by atoms with Gasteiger partial charge in [-0.1, -0.05) is 35.9 Å². The second kappa shape index (κ2) is 21.0. The molecule has 0 radical (unpaired) electrons. The van der Waals surface area contributed by atoms with Crippen LogP contribution in [0.25, 0.3) is 22.0 Å². The highest BCUT2D eigenvalue weighted by molar-refractivity contribution is 7.90. The fraction of sp³-hybridized carbons (Fsp3) is 0.327. The van der Waals surface area contributed by atoms with Crippen molar-refractivity contribution in [1.29, 1.82) is 0 Å². The number of aromatic amines is 1. The van der Waals surface area contributed by atoms with Crippen molar-refractivity contribution in [1.82, 2.24) is 24.4 Å². The zero-order valence-electron chi connectivity index (χ0n) is 37.2. The summed E-state index contributed by atoms with van der Waals surface area (Å²) < 4.78 is 42.4. The molecule has 2 aliphatic heterocycles. The number of nitro groups is 1. The number of aromatic nitrogens is 1. The number of likely N-dealkylation sites (N-methyl/N-ethyl adjacent to an activating group) is 1. The number of ether oxygens (including phenoxy) is 2. The molecule has 17 heteroatoms. The second-order valence-corrected chi connectivity index (χ2v) is 19.0. The van der Waals surface area contributed by atoms with Crippen LogP contribution in [0.4, 0.5) is 17.1 Å². The van der Waals surface area contributed by atoms with Gasteiger partial charge in [0.25, 0.3) is 21.6 Å². The molecule has 3 N–H and O–H groups in total. The largest absolute Gasteiger partial charge is 0.492 e. The number of hydrogen-bond donors (Lipinski definition) is 3. The number of hydrogen-bond acceptors (Lipinski definition) is 12. The number of amides is 1. The summed E-state index contributed by atoms with van der Waals surface area (Å²) in [5.41, 5.74) is 4.70. The van der Waals surface area contributed by atoms with Gasteiger partial charge in [-0.25, -0.2) is 13.1 Å². The SMILES string of the molecule is CN(C)CCOc1cccc(-c2ccc(Cl)cc2)c1CN1CCN(c2ccc(C(=O)NS(=O)(=O)c3ccc(NCCCN4CCCC4)c([N+](=O)[O-])c3)c(Oc3ccc4[nH]ccc4c3)c2)CC1. The zero-order chi connectivity index (χ0) is 46.2. The maximum Gasteiger partial charge on any atom is 0.293 e. The van der Waals surface area contributed by atoms with Crippen molar-refractivity contribution in [2.75, 3.05) is 89.8 Å². The average Bonchev–Trinajstić information content (AvgIpc) is 4.01. The van der Waals surface area contributed by atoms with Crippen molar-refractivity contribution in [3.05, 3.63) is 136 Å². The molecule has 6 aromatic rings. The van der Waals surface area contributed by atoms with E-state index in [0.29, 0.717) is 43.6 Å². The molecule has 0 bridgehead atoms. The Kier molecular flexibility index (Phi) is 14.7. The van der Waals surface area contributed by atoms with E-state index in [2.05, 4.69) is 40.7 Å². The number of carbonyl (C=O) groups is 1. The Bertz CT molecular complexity index is 2770. The van der Waals surface area contributed by atoms with Crippen molar-refractivity contribution in [2.45, 2.75) is 30.7 Å². The zero-order valence-corrected chi connectivity index (χ0v) is 38.7. The summed E-state index contributed by atoms with van der Waals surface area (Å²) in [6, 6.07) is 30.0. The number of halogens is 1. The third kappa shape index (κ3) is 11.4. The van der Waals surface area contributed by atoms with Crippen LogP contribution < -0.4 is 24.4 Å². The third-order valence-electron chi connectivity index (χ3n) is 12.0. The summed E-state index contributed by atoms with van der Waals surface area (Å²) in [7, 11) is -0.518. The predicted molar refractivity (Wildman–Crippen MR) is 260 cm³/mol. The quantitative estimate of drug-likeness (QED) is 0.0404. The van der Waals surface area contributed by atoms with Crippen LogP contribution in [0.15, 0.2) is 114 Å². The highest BCUT2D eigenvalue weighted by Gasteiger charge is 2.27. The highest BCUT2D eigenvalue weighted by Crippen LogP contribution is 2.36. The number of nitrogens with zero attached hydrogens (tertiary/aromatic N) is 5. The van der Waals surface area contributed by atoms with E-state index in [1.54, 1.807) is 24.3 Å². The van der Waals surface area contributed by atoms with Gasteiger partial charge in [0, 0.05) is 91.3 Å². The number of benzene rings is 5. The van der Waals surface area contributed by atoms with Crippen LogP contribution in [0.1, 0.15) is 35.2 Å². The first-order valence-electron chi connectivity index (χ1n) is 22.2. The van der Waals surface area contributed by atoms with Gasteiger partial charge in [-0.3, -0.25) is 19.8 Å². The van der Waals surface area contributed by atoms with Crippen LogP contribution in [0.2, 0.25) is 5.02 Å². The van der Waals surface area contributed by atoms with Gasteiger partial charge in [0.05, 0.1) is 15.4 Å². The number of H-pyrrole nitrogens is 1. The Morgan fingerprint density at radius 3 is 2.42 bits per heavy atom. The van der Waals surface area contributed by atoms with Crippen LogP contribution in [0, 0.1) is 10.1 Å². The summed E-state index contributed by atoms with van der Waals surface area (Å²) in [5, 5.41) is 16.8. The number of anilines is 2. The number of carbonyl (C=O) groups excluding carboxylic acids is 1. The first-order chi connectivity index (χ1) is 31.9. The molecule has 66 heavy (non-hydrogen) atoms. The van der Waals surface area contributed by atoms with Gasteiger partial charge in [-0.15, -0.1) is 0 Å². The Labute approximate surface area is 390 Å². The molecule has 8 rings (SSSR count). The van der Waals surface area contributed by atoms with Crippen molar-refractivity contribution < 1.29 is 27.6 Å². The third-order valence-corrected chi connectivity index (χ3v) is 13.6. The molecule has 2 saturated heterocycles. The van der Waals surface area contributed by atoms with Crippen molar-refractivity contribution in [2.24, 2.45) is 0 Å². The van der Waals surface area contributed by atoms with Gasteiger partial charge in [-0.05, 0) is 131 Å². The van der Waals surface area contributed by atoms with E-state index in [4.69, 9.17) is 21.1 Å². The van der Waals surface area contributed by atoms with Crippen LogP contribution in [-0.4, -0.2) is 119 Å². The Morgan fingerprint density at radius 1 is 0.879 bits per heavy atom. The van der Waals surface area contributed by atoms with Crippen molar-refractivity contribution in [3.63, 3.8) is 0 Å². The monoisotopic (exact) mass is 934 g/mol. The van der Waals surface area contributed by atoms with E-state index in [1.165, 1.54) is 25.0 Å². The number of fused-ring (bicyclic) bond motifs is 1. The Morgan fingerprint density at radius 2 is 1.67 bits per heavy atom. The summed E-state index contributed by atoms with van der Waals surface area (Å²) in [6.07, 6.45) is 4.94. The van der Waals surface area contributed by atoms with Crippen molar-refractivity contribution in [3.8, 4) is 28.4 Å². The molecular weight excluding hydrogens is 880 g/mol. The minimum absolute atomic E-state index is 0.0264. The molecule has 0 saturated carbocycles. The smallest absolute Gasteiger partial charge is 0.293 e. The standard InChI is InChI=1S/C49H55ClN8O7S/c1-54(2)29-30-64-47-8-5-7-41(35-9-11-37(50)12-10-35)43(47)34-56-25-27-57(28-26-56)38-13-16-42(48(32-38)65-39-14-17-44-36(31-39)19-21-52-44)49(59)53-66(62,63)40-15-18-45(46(33-40)58(60)61)51-20-6-24-55-22-3-4-23-55/h5,7-19,21,31-33,51-52H,3-4,6,20,22-30,34H2,1-2H3,(H,53,59). The minimum atomic E-state index is -4.56. The van der Waals surface area contributed by atoms with Gasteiger partial charge in [0.2, 0.25) is 0 Å². The lowest BCUT2D eigenvalue weighted by Gasteiger charge is -2.37. The Hall–Kier alpha value is -6.17. The molecule has 3 heterocycles. The minimum Gasteiger partial charge on any atom is -0.492 e. The lowest BCUT2D eigenvalue weighted by atomic mass is 9.98. The topological polar surface area (TPSA) is 166 Å². The van der Waals surface area contributed by atoms with Crippen LogP contribution in [-0.2, 0) is 16.6 Å². The van der Waals surface area contributed by atoms with E-state index in [-0.39, 0.29) is 17.0 Å². The van der Waals surface area contributed by atoms with Crippen LogP contribution in [0.3, 0.4) is 0 Å². The van der Waals surface area contributed by atoms with Crippen LogP contribution >= 0.6 is 11.6 Å². The maximum absolute atomic E-state index is 14.0. The van der Waals surface area contributed by atoms with E-state index in [9.17, 15) is 23.3 Å². The normalized spacial score (nSPS) is 14.8. The van der Waals surface area contributed by atoms with E-state index >= 15 is 0 Å². The number of nitro benzene ring substituents is 1. The van der Waals surface area contributed by atoms with E-state index in [1.807, 2.05) is 74.9 Å². The summed E-state index contributed by atoms with van der Waals surface area (Å²) in [6.45, 7) is 8.24. The Balaban J connectivity index is 0.995. The van der Waals surface area contributed by atoms with Gasteiger partial charge in [0.1, 0.15) is 29.5 Å². The fourth-order valence-corrected chi connectivity index (χ4v) is 9.55. The molecule has 15 nitrogen and oxygen atoms in total. The van der Waals surface area contributed by atoms with E-state index in [0.717, 1.165) is 90.8 Å².